The Balaban J connectivity index is 1.67. The van der Waals surface area contributed by atoms with Crippen LogP contribution in [0.5, 0.6) is 5.75 Å². The second kappa shape index (κ2) is 6.63. The van der Waals surface area contributed by atoms with E-state index in [4.69, 9.17) is 0 Å². The van der Waals surface area contributed by atoms with Crippen molar-refractivity contribution in [2.75, 3.05) is 0 Å². The third-order valence-electron chi connectivity index (χ3n) is 5.01. The first-order valence-electron chi connectivity index (χ1n) is 8.99. The zero-order valence-corrected chi connectivity index (χ0v) is 15.4. The van der Waals surface area contributed by atoms with E-state index in [2.05, 4.69) is 10.3 Å². The standard InChI is InChI=1S/C22H10F3N3O3/c23-15-4-2-1-3-13(15)18-16(24)7-10(8-17(18)25)28-20-19(26-27-28)21(30)12-6-5-11(29)9-14(12)22(20)31/h1-9,29H. The van der Waals surface area contributed by atoms with Crippen LogP contribution in [0.25, 0.3) is 16.8 Å². The largest absolute Gasteiger partial charge is 0.508 e. The summed E-state index contributed by atoms with van der Waals surface area (Å²) in [5.74, 6) is -4.50. The van der Waals surface area contributed by atoms with Crippen LogP contribution >= 0.6 is 0 Å². The highest BCUT2D eigenvalue weighted by atomic mass is 19.1. The lowest BCUT2D eigenvalue weighted by Crippen LogP contribution is -2.23. The molecule has 0 bridgehead atoms. The molecule has 0 saturated heterocycles. The number of carbonyl (C=O) groups is 2. The Hall–Kier alpha value is -4.27. The molecule has 6 nitrogen and oxygen atoms in total. The SMILES string of the molecule is O=C1c2ccc(O)cc2C(=O)c2c1nnn2-c1cc(F)c(-c2ccccc2F)c(F)c1. The van der Waals surface area contributed by atoms with E-state index in [9.17, 15) is 27.9 Å². The van der Waals surface area contributed by atoms with Gasteiger partial charge in [0.2, 0.25) is 11.6 Å². The number of rotatable bonds is 2. The molecule has 4 aromatic rings. The maximum Gasteiger partial charge on any atom is 0.216 e. The molecule has 0 fully saturated rings. The summed E-state index contributed by atoms with van der Waals surface area (Å²) >= 11 is 0. The van der Waals surface area contributed by atoms with E-state index in [1.54, 1.807) is 0 Å². The number of aromatic hydroxyl groups is 1. The summed E-state index contributed by atoms with van der Waals surface area (Å²) in [7, 11) is 0. The molecule has 0 spiro atoms. The number of aromatic nitrogens is 3. The molecule has 152 valence electrons. The second-order valence-electron chi connectivity index (χ2n) is 6.85. The van der Waals surface area contributed by atoms with Crippen LogP contribution in [-0.4, -0.2) is 31.7 Å². The van der Waals surface area contributed by atoms with Gasteiger partial charge in [-0.05, 0) is 24.3 Å². The first kappa shape index (κ1) is 18.7. The third-order valence-corrected chi connectivity index (χ3v) is 5.01. The number of nitrogens with zero attached hydrogens (tertiary/aromatic N) is 3. The molecule has 0 aliphatic heterocycles. The van der Waals surface area contributed by atoms with Crippen molar-refractivity contribution in [2.24, 2.45) is 0 Å². The number of hydrogen-bond acceptors (Lipinski definition) is 5. The Labute approximate surface area is 172 Å². The van der Waals surface area contributed by atoms with E-state index >= 15 is 0 Å². The number of phenolic OH excluding ortho intramolecular Hbond substituents is 1. The molecule has 1 aliphatic rings. The van der Waals surface area contributed by atoms with Crippen molar-refractivity contribution in [2.45, 2.75) is 0 Å². The minimum atomic E-state index is -1.09. The molecule has 5 rings (SSSR count). The predicted molar refractivity (Wildman–Crippen MR) is 102 cm³/mol. The molecule has 0 radical (unpaired) electrons. The third kappa shape index (κ3) is 2.74. The van der Waals surface area contributed by atoms with Crippen LogP contribution < -0.4 is 0 Å². The van der Waals surface area contributed by atoms with Crippen LogP contribution in [0.15, 0.2) is 54.6 Å². The predicted octanol–water partition coefficient (Wildman–Crippen LogP) is 3.83. The van der Waals surface area contributed by atoms with Crippen molar-refractivity contribution in [1.82, 2.24) is 15.0 Å². The van der Waals surface area contributed by atoms with Crippen molar-refractivity contribution in [3.05, 3.63) is 94.6 Å². The molecule has 9 heteroatoms. The number of hydrogen-bond donors (Lipinski definition) is 1. The fraction of sp³-hybridized carbons (Fsp3) is 0. The topological polar surface area (TPSA) is 85.1 Å². The van der Waals surface area contributed by atoms with Gasteiger partial charge in [0.05, 0.1) is 11.3 Å². The molecule has 0 saturated carbocycles. The van der Waals surface area contributed by atoms with Gasteiger partial charge in [-0.3, -0.25) is 9.59 Å². The summed E-state index contributed by atoms with van der Waals surface area (Å²) in [4.78, 5) is 25.6. The lowest BCUT2D eigenvalue weighted by Gasteiger charge is -2.15. The van der Waals surface area contributed by atoms with Gasteiger partial charge in [0.1, 0.15) is 28.9 Å². The zero-order chi connectivity index (χ0) is 21.9. The minimum absolute atomic E-state index is 0.0367. The molecule has 0 amide bonds. The molecule has 31 heavy (non-hydrogen) atoms. The molecule has 0 unspecified atom stereocenters. The summed E-state index contributed by atoms with van der Waals surface area (Å²) in [5.41, 5.74) is -1.66. The maximum atomic E-state index is 14.8. The van der Waals surface area contributed by atoms with Gasteiger partial charge >= 0.3 is 0 Å². The number of halogens is 3. The van der Waals surface area contributed by atoms with Gasteiger partial charge < -0.3 is 5.11 Å². The summed E-state index contributed by atoms with van der Waals surface area (Å²) in [5, 5.41) is 17.1. The number of ketones is 2. The van der Waals surface area contributed by atoms with Gasteiger partial charge in [0, 0.05) is 28.8 Å². The monoisotopic (exact) mass is 421 g/mol. The lowest BCUT2D eigenvalue weighted by molar-refractivity contribution is 0.0972. The van der Waals surface area contributed by atoms with Crippen LogP contribution in [0.4, 0.5) is 13.2 Å². The number of phenols is 1. The quantitative estimate of drug-likeness (QED) is 0.468. The van der Waals surface area contributed by atoms with Gasteiger partial charge in [-0.2, -0.15) is 0 Å². The van der Waals surface area contributed by atoms with Crippen LogP contribution in [0.2, 0.25) is 0 Å². The van der Waals surface area contributed by atoms with E-state index < -0.39 is 34.6 Å². The average molecular weight is 421 g/mol. The van der Waals surface area contributed by atoms with Crippen molar-refractivity contribution >= 4 is 11.6 Å². The van der Waals surface area contributed by atoms with E-state index in [1.807, 2.05) is 0 Å². The normalized spacial score (nSPS) is 12.6. The molecular formula is C22H10F3N3O3. The number of benzene rings is 3. The van der Waals surface area contributed by atoms with E-state index in [0.717, 1.165) is 28.9 Å². The van der Waals surface area contributed by atoms with Crippen molar-refractivity contribution in [3.8, 4) is 22.6 Å². The Bertz CT molecular complexity index is 1410. The van der Waals surface area contributed by atoms with Crippen LogP contribution in [-0.2, 0) is 0 Å². The lowest BCUT2D eigenvalue weighted by atomic mass is 9.89. The van der Waals surface area contributed by atoms with Crippen LogP contribution in [0, 0.1) is 17.5 Å². The number of fused-ring (bicyclic) bond motifs is 2. The smallest absolute Gasteiger partial charge is 0.216 e. The molecule has 3 aromatic carbocycles. The molecule has 1 heterocycles. The first-order chi connectivity index (χ1) is 14.9. The van der Waals surface area contributed by atoms with Crippen molar-refractivity contribution in [1.29, 1.82) is 0 Å². The van der Waals surface area contributed by atoms with E-state index in [0.29, 0.717) is 0 Å². The van der Waals surface area contributed by atoms with Crippen LogP contribution in [0.1, 0.15) is 32.1 Å². The fourth-order valence-electron chi connectivity index (χ4n) is 3.60. The van der Waals surface area contributed by atoms with E-state index in [1.165, 1.54) is 30.3 Å². The van der Waals surface area contributed by atoms with Crippen LogP contribution in [0.3, 0.4) is 0 Å². The highest BCUT2D eigenvalue weighted by molar-refractivity contribution is 6.27. The van der Waals surface area contributed by atoms with Crippen molar-refractivity contribution < 1.29 is 27.9 Å². The number of carbonyl (C=O) groups excluding carboxylic acids is 2. The van der Waals surface area contributed by atoms with Gasteiger partial charge in [-0.1, -0.05) is 23.4 Å². The van der Waals surface area contributed by atoms with Gasteiger partial charge in [0.15, 0.2) is 5.69 Å². The Morgan fingerprint density at radius 1 is 0.774 bits per heavy atom. The molecular weight excluding hydrogens is 411 g/mol. The van der Waals surface area contributed by atoms with E-state index in [-0.39, 0.29) is 39.5 Å². The molecule has 1 aliphatic carbocycles. The Kier molecular flexibility index (Phi) is 4.01. The first-order valence-corrected chi connectivity index (χ1v) is 8.99. The highest BCUT2D eigenvalue weighted by Crippen LogP contribution is 2.33. The van der Waals surface area contributed by atoms with Gasteiger partial charge in [-0.15, -0.1) is 5.10 Å². The Morgan fingerprint density at radius 3 is 2.19 bits per heavy atom. The van der Waals surface area contributed by atoms with Gasteiger partial charge in [-0.25, -0.2) is 17.9 Å². The average Bonchev–Trinajstić information content (AvgIpc) is 3.18. The fourth-order valence-corrected chi connectivity index (χ4v) is 3.60. The second-order valence-corrected chi connectivity index (χ2v) is 6.85. The summed E-state index contributed by atoms with van der Waals surface area (Å²) < 4.78 is 44.5. The Morgan fingerprint density at radius 2 is 1.48 bits per heavy atom. The molecule has 1 aromatic heterocycles. The van der Waals surface area contributed by atoms with Gasteiger partial charge in [0.25, 0.3) is 0 Å². The highest BCUT2D eigenvalue weighted by Gasteiger charge is 2.36. The van der Waals surface area contributed by atoms with Crippen molar-refractivity contribution in [3.63, 3.8) is 0 Å². The minimum Gasteiger partial charge on any atom is -0.508 e. The summed E-state index contributed by atoms with van der Waals surface area (Å²) in [6, 6.07) is 10.6. The zero-order valence-electron chi connectivity index (χ0n) is 15.4. The summed E-state index contributed by atoms with van der Waals surface area (Å²) in [6.45, 7) is 0. The molecule has 1 N–H and O–H groups in total. The molecule has 0 atom stereocenters. The maximum absolute atomic E-state index is 14.8. The summed E-state index contributed by atoms with van der Waals surface area (Å²) in [6.07, 6.45) is 0.